The number of halogens is 2. The van der Waals surface area contributed by atoms with Crippen molar-refractivity contribution in [3.63, 3.8) is 0 Å². The van der Waals surface area contributed by atoms with Gasteiger partial charge in [-0.05, 0) is 52.7 Å². The lowest BCUT2D eigenvalue weighted by Gasteiger charge is -2.14. The van der Waals surface area contributed by atoms with Crippen LogP contribution in [0.25, 0.3) is 0 Å². The van der Waals surface area contributed by atoms with Crippen molar-refractivity contribution >= 4 is 39.0 Å². The third kappa shape index (κ3) is 4.89. The summed E-state index contributed by atoms with van der Waals surface area (Å²) in [5.41, 5.74) is 2.82. The number of benzene rings is 1. The van der Waals surface area contributed by atoms with Gasteiger partial charge in [-0.25, -0.2) is 4.39 Å². The molecule has 0 saturated carbocycles. The van der Waals surface area contributed by atoms with Gasteiger partial charge < -0.3 is 0 Å². The normalized spacial score (nSPS) is 12.6. The van der Waals surface area contributed by atoms with Crippen molar-refractivity contribution in [1.82, 2.24) is 5.43 Å². The monoisotopic (exact) mass is 360 g/mol. The molecule has 1 heterocycles. The molecule has 1 aromatic heterocycles. The highest BCUT2D eigenvalue weighted by molar-refractivity contribution is 9.11. The minimum atomic E-state index is -0.204. The Balaban J connectivity index is 1.89. The van der Waals surface area contributed by atoms with E-state index in [4.69, 9.17) is 5.84 Å². The number of hydrazine groups is 1. The molecule has 6 heteroatoms. The molecule has 0 aliphatic heterocycles. The van der Waals surface area contributed by atoms with Crippen LogP contribution >= 0.6 is 39.0 Å². The van der Waals surface area contributed by atoms with E-state index in [1.165, 1.54) is 10.9 Å². The molecule has 1 atom stereocenters. The molecule has 0 spiro atoms. The third-order valence-corrected chi connectivity index (χ3v) is 5.36. The van der Waals surface area contributed by atoms with Crippen molar-refractivity contribution in [2.45, 2.75) is 17.4 Å². The first kappa shape index (κ1) is 15.0. The van der Waals surface area contributed by atoms with Gasteiger partial charge in [0.15, 0.2) is 0 Å². The maximum Gasteiger partial charge on any atom is 0.124 e. The van der Waals surface area contributed by atoms with Gasteiger partial charge in [-0.1, -0.05) is 6.07 Å². The van der Waals surface area contributed by atoms with Crippen molar-refractivity contribution in [1.29, 1.82) is 0 Å². The van der Waals surface area contributed by atoms with Gasteiger partial charge in [0.05, 0.1) is 3.79 Å². The van der Waals surface area contributed by atoms with Crippen molar-refractivity contribution in [2.24, 2.45) is 5.84 Å². The number of hydrogen-bond donors (Lipinski definition) is 2. The molecule has 19 heavy (non-hydrogen) atoms. The van der Waals surface area contributed by atoms with Gasteiger partial charge in [0.1, 0.15) is 5.82 Å². The number of thioether (sulfide) groups is 1. The summed E-state index contributed by atoms with van der Waals surface area (Å²) in [5, 5.41) is 0. The van der Waals surface area contributed by atoms with Gasteiger partial charge in [-0.2, -0.15) is 0 Å². The summed E-state index contributed by atoms with van der Waals surface area (Å²) in [6, 6.07) is 10.9. The first-order chi connectivity index (χ1) is 9.17. The van der Waals surface area contributed by atoms with Gasteiger partial charge in [0, 0.05) is 21.6 Å². The second-order valence-electron chi connectivity index (χ2n) is 4.04. The molecular formula is C13H14BrFN2S2. The molecule has 2 rings (SSSR count). The van der Waals surface area contributed by atoms with Gasteiger partial charge in [-0.15, -0.1) is 23.1 Å². The number of thiophene rings is 1. The summed E-state index contributed by atoms with van der Waals surface area (Å²) < 4.78 is 14.2. The van der Waals surface area contributed by atoms with Gasteiger partial charge in [-0.3, -0.25) is 11.3 Å². The zero-order valence-corrected chi connectivity index (χ0v) is 13.3. The first-order valence-corrected chi connectivity index (χ1v) is 8.35. The van der Waals surface area contributed by atoms with E-state index in [2.05, 4.69) is 27.4 Å². The third-order valence-electron chi connectivity index (χ3n) is 2.56. The summed E-state index contributed by atoms with van der Waals surface area (Å²) in [6.07, 6.45) is 0.870. The Morgan fingerprint density at radius 3 is 2.84 bits per heavy atom. The molecule has 0 aliphatic rings. The second-order valence-corrected chi connectivity index (χ2v) is 7.68. The average Bonchev–Trinajstić information content (AvgIpc) is 2.80. The fraction of sp³-hybridized carbons (Fsp3) is 0.231. The summed E-state index contributed by atoms with van der Waals surface area (Å²) in [4.78, 5) is 2.20. The summed E-state index contributed by atoms with van der Waals surface area (Å²) >= 11 is 6.76. The Kier molecular flexibility index (Phi) is 5.84. The van der Waals surface area contributed by atoms with Crippen molar-refractivity contribution in [3.05, 3.63) is 50.9 Å². The predicted molar refractivity (Wildman–Crippen MR) is 84.0 cm³/mol. The lowest BCUT2D eigenvalue weighted by molar-refractivity contribution is 0.579. The molecule has 1 aromatic carbocycles. The maximum atomic E-state index is 13.1. The number of hydrogen-bond acceptors (Lipinski definition) is 4. The van der Waals surface area contributed by atoms with Crippen LogP contribution in [0.5, 0.6) is 0 Å². The molecule has 0 fully saturated rings. The standard InChI is InChI=1S/C13H14BrFN2S2/c14-13-5-4-12(19-13)7-10(17-16)8-18-11-3-1-2-9(15)6-11/h1-6,10,17H,7-8,16H2. The molecular weight excluding hydrogens is 347 g/mol. The Morgan fingerprint density at radius 1 is 1.37 bits per heavy atom. The summed E-state index contributed by atoms with van der Waals surface area (Å²) in [5.74, 6) is 6.17. The van der Waals surface area contributed by atoms with Crippen molar-refractivity contribution < 1.29 is 4.39 Å². The van der Waals surface area contributed by atoms with Crippen LogP contribution in [-0.2, 0) is 6.42 Å². The molecule has 1 unspecified atom stereocenters. The van der Waals surface area contributed by atoms with Gasteiger partial charge in [0.2, 0.25) is 0 Å². The van der Waals surface area contributed by atoms with E-state index >= 15 is 0 Å². The molecule has 2 aromatic rings. The predicted octanol–water partition coefficient (Wildman–Crippen LogP) is 3.82. The van der Waals surface area contributed by atoms with E-state index in [1.54, 1.807) is 35.2 Å². The molecule has 2 nitrogen and oxygen atoms in total. The quantitative estimate of drug-likeness (QED) is 0.467. The fourth-order valence-corrected chi connectivity index (χ4v) is 4.17. The molecule has 0 aliphatic carbocycles. The van der Waals surface area contributed by atoms with E-state index in [9.17, 15) is 4.39 Å². The van der Waals surface area contributed by atoms with Crippen LogP contribution in [0, 0.1) is 5.82 Å². The van der Waals surface area contributed by atoms with Crippen molar-refractivity contribution in [2.75, 3.05) is 5.75 Å². The van der Waals surface area contributed by atoms with Crippen LogP contribution in [0.1, 0.15) is 4.88 Å². The smallest absolute Gasteiger partial charge is 0.124 e. The first-order valence-electron chi connectivity index (χ1n) is 5.76. The van der Waals surface area contributed by atoms with Crippen LogP contribution < -0.4 is 11.3 Å². The van der Waals surface area contributed by atoms with Gasteiger partial charge >= 0.3 is 0 Å². The van der Waals surface area contributed by atoms with Crippen LogP contribution in [0.2, 0.25) is 0 Å². The van der Waals surface area contributed by atoms with Crippen LogP contribution in [0.4, 0.5) is 4.39 Å². The summed E-state index contributed by atoms with van der Waals surface area (Å²) in [6.45, 7) is 0. The fourth-order valence-electron chi connectivity index (χ4n) is 1.62. The average molecular weight is 361 g/mol. The number of nitrogens with two attached hydrogens (primary N) is 1. The van der Waals surface area contributed by atoms with Crippen LogP contribution in [-0.4, -0.2) is 11.8 Å². The van der Waals surface area contributed by atoms with Gasteiger partial charge in [0.25, 0.3) is 0 Å². The molecule has 3 N–H and O–H groups in total. The van der Waals surface area contributed by atoms with E-state index in [-0.39, 0.29) is 11.9 Å². The highest BCUT2D eigenvalue weighted by Gasteiger charge is 2.10. The number of nitrogens with one attached hydrogen (secondary N) is 1. The second kappa shape index (κ2) is 7.40. The minimum Gasteiger partial charge on any atom is -0.271 e. The minimum absolute atomic E-state index is 0.166. The molecule has 0 amide bonds. The van der Waals surface area contributed by atoms with Crippen molar-refractivity contribution in [3.8, 4) is 0 Å². The lowest BCUT2D eigenvalue weighted by atomic mass is 10.2. The van der Waals surface area contributed by atoms with E-state index in [1.807, 2.05) is 12.1 Å². The van der Waals surface area contributed by atoms with E-state index < -0.39 is 0 Å². The number of rotatable bonds is 6. The molecule has 102 valence electrons. The molecule has 0 bridgehead atoms. The Labute approximate surface area is 128 Å². The largest absolute Gasteiger partial charge is 0.271 e. The molecule has 0 saturated heterocycles. The van der Waals surface area contributed by atoms with E-state index in [0.717, 1.165) is 20.9 Å². The van der Waals surface area contributed by atoms with E-state index in [0.29, 0.717) is 0 Å². The zero-order chi connectivity index (χ0) is 13.7. The lowest BCUT2D eigenvalue weighted by Crippen LogP contribution is -2.38. The Hall–Kier alpha value is -0.400. The Bertz CT molecular complexity index is 533. The maximum absolute atomic E-state index is 13.1. The highest BCUT2D eigenvalue weighted by Crippen LogP contribution is 2.25. The zero-order valence-electron chi connectivity index (χ0n) is 10.1. The highest BCUT2D eigenvalue weighted by atomic mass is 79.9. The molecule has 0 radical (unpaired) electrons. The topological polar surface area (TPSA) is 38.0 Å². The Morgan fingerprint density at radius 2 is 2.21 bits per heavy atom. The van der Waals surface area contributed by atoms with Crippen LogP contribution in [0.15, 0.2) is 45.1 Å². The van der Waals surface area contributed by atoms with Crippen LogP contribution in [0.3, 0.4) is 0 Å². The summed E-state index contributed by atoms with van der Waals surface area (Å²) in [7, 11) is 0. The SMILES string of the molecule is NNC(CSc1cccc(F)c1)Cc1ccc(Br)s1.